The summed E-state index contributed by atoms with van der Waals surface area (Å²) in [5.74, 6) is -3.11. The van der Waals surface area contributed by atoms with Gasteiger partial charge in [0.25, 0.3) is 0 Å². The standard InChI is InChI=1S/C11H14F3N3O2S/c1-16-7(11(12,13)14)3-6(15)5-4-17(2)9(20)8(5)10(18)19/h3,5,8H,4,15H2,1-2H3,(H,18,19)/t5-,8-/m1/s1. The van der Waals surface area contributed by atoms with E-state index in [0.29, 0.717) is 6.08 Å². The topological polar surface area (TPSA) is 78.9 Å². The number of thiocarbonyl (C=S) groups is 1. The lowest BCUT2D eigenvalue weighted by Crippen LogP contribution is -2.30. The van der Waals surface area contributed by atoms with E-state index in [0.717, 1.165) is 7.05 Å². The summed E-state index contributed by atoms with van der Waals surface area (Å²) in [5, 5.41) is 9.12. The second-order valence-corrected chi connectivity index (χ2v) is 4.81. The summed E-state index contributed by atoms with van der Waals surface area (Å²) >= 11 is 4.96. The Labute approximate surface area is 118 Å². The monoisotopic (exact) mass is 309 g/mol. The number of rotatable bonds is 3. The summed E-state index contributed by atoms with van der Waals surface area (Å²) in [6.07, 6.45) is -3.97. The number of nitrogens with zero attached hydrogens (tertiary/aromatic N) is 2. The van der Waals surface area contributed by atoms with Crippen LogP contribution in [0.15, 0.2) is 16.8 Å². The van der Waals surface area contributed by atoms with Gasteiger partial charge in [-0.1, -0.05) is 12.2 Å². The molecule has 0 amide bonds. The number of hydrogen-bond donors (Lipinski definition) is 2. The van der Waals surface area contributed by atoms with Crippen molar-refractivity contribution in [1.82, 2.24) is 4.90 Å². The molecule has 1 aliphatic rings. The Morgan fingerprint density at radius 3 is 2.55 bits per heavy atom. The predicted octanol–water partition coefficient (Wildman–Crippen LogP) is 1.05. The fraction of sp³-hybridized carbons (Fsp3) is 0.545. The number of halogens is 3. The molecule has 1 fully saturated rings. The zero-order chi connectivity index (χ0) is 15.7. The lowest BCUT2D eigenvalue weighted by Gasteiger charge is -2.15. The molecule has 0 aliphatic carbocycles. The number of carboxylic acid groups (broad SMARTS) is 1. The van der Waals surface area contributed by atoms with Crippen LogP contribution in [0.3, 0.4) is 0 Å². The van der Waals surface area contributed by atoms with Gasteiger partial charge in [0.2, 0.25) is 0 Å². The van der Waals surface area contributed by atoms with Crippen molar-refractivity contribution in [2.75, 3.05) is 20.6 Å². The number of aliphatic imine (C=N–C) groups is 1. The van der Waals surface area contributed by atoms with E-state index in [1.807, 2.05) is 0 Å². The number of hydrogen-bond acceptors (Lipinski definition) is 4. The molecule has 0 aromatic rings. The Morgan fingerprint density at radius 1 is 1.60 bits per heavy atom. The summed E-state index contributed by atoms with van der Waals surface area (Å²) in [5.41, 5.74) is 4.29. The van der Waals surface area contributed by atoms with Crippen LogP contribution in [0.5, 0.6) is 0 Å². The summed E-state index contributed by atoms with van der Waals surface area (Å²) in [7, 11) is 2.57. The second kappa shape index (κ2) is 5.78. The van der Waals surface area contributed by atoms with Crippen molar-refractivity contribution in [3.05, 3.63) is 11.8 Å². The van der Waals surface area contributed by atoms with Crippen molar-refractivity contribution in [2.24, 2.45) is 22.6 Å². The van der Waals surface area contributed by atoms with Gasteiger partial charge in [-0.2, -0.15) is 13.2 Å². The molecule has 2 atom stereocenters. The van der Waals surface area contributed by atoms with Crippen LogP contribution >= 0.6 is 12.2 Å². The highest BCUT2D eigenvalue weighted by atomic mass is 32.1. The number of nitrogens with two attached hydrogens (primary N) is 1. The predicted molar refractivity (Wildman–Crippen MR) is 71.5 cm³/mol. The minimum absolute atomic E-state index is 0.154. The van der Waals surface area contributed by atoms with Gasteiger partial charge in [0.15, 0.2) is 0 Å². The highest BCUT2D eigenvalue weighted by molar-refractivity contribution is 7.80. The molecule has 9 heteroatoms. The molecule has 112 valence electrons. The molecule has 0 bridgehead atoms. The van der Waals surface area contributed by atoms with Gasteiger partial charge < -0.3 is 15.7 Å². The zero-order valence-electron chi connectivity index (χ0n) is 10.8. The third kappa shape index (κ3) is 3.27. The lowest BCUT2D eigenvalue weighted by atomic mass is 9.92. The SMILES string of the molecule is CN=C(C=C(N)[C@H]1CN(C)C(=S)[C@@H]1C(=O)O)C(F)(F)F. The Morgan fingerprint density at radius 2 is 2.15 bits per heavy atom. The molecular weight excluding hydrogens is 295 g/mol. The molecule has 1 rings (SSSR count). The van der Waals surface area contributed by atoms with Gasteiger partial charge in [0.05, 0.1) is 4.99 Å². The molecule has 1 saturated heterocycles. The molecule has 0 spiro atoms. The zero-order valence-corrected chi connectivity index (χ0v) is 11.6. The Hall–Kier alpha value is -1.64. The maximum absolute atomic E-state index is 12.6. The smallest absolute Gasteiger partial charge is 0.432 e. The van der Waals surface area contributed by atoms with Gasteiger partial charge in [-0.3, -0.25) is 9.79 Å². The lowest BCUT2D eigenvalue weighted by molar-refractivity contribution is -0.140. The van der Waals surface area contributed by atoms with Crippen molar-refractivity contribution >= 4 is 28.9 Å². The average Bonchev–Trinajstić information content (AvgIpc) is 2.61. The second-order valence-electron chi connectivity index (χ2n) is 4.39. The van der Waals surface area contributed by atoms with E-state index in [-0.39, 0.29) is 17.2 Å². The van der Waals surface area contributed by atoms with Gasteiger partial charge in [-0.25, -0.2) is 0 Å². The van der Waals surface area contributed by atoms with E-state index in [1.165, 1.54) is 4.90 Å². The normalized spacial score (nSPS) is 25.2. The molecule has 5 nitrogen and oxygen atoms in total. The molecule has 1 heterocycles. The highest BCUT2D eigenvalue weighted by Crippen LogP contribution is 2.30. The van der Waals surface area contributed by atoms with E-state index in [4.69, 9.17) is 23.1 Å². The fourth-order valence-corrected chi connectivity index (χ4v) is 2.35. The molecule has 0 unspecified atom stereocenters. The van der Waals surface area contributed by atoms with E-state index in [1.54, 1.807) is 7.05 Å². The minimum atomic E-state index is -4.64. The van der Waals surface area contributed by atoms with Gasteiger partial charge in [0, 0.05) is 32.3 Å². The Kier molecular flexibility index (Phi) is 4.74. The highest BCUT2D eigenvalue weighted by Gasteiger charge is 2.43. The summed E-state index contributed by atoms with van der Waals surface area (Å²) in [6.45, 7) is 0.160. The first kappa shape index (κ1) is 16.4. The molecular formula is C11H14F3N3O2S. The first-order valence-corrected chi connectivity index (χ1v) is 5.99. The molecule has 3 N–H and O–H groups in total. The van der Waals surface area contributed by atoms with Crippen LogP contribution in [0.4, 0.5) is 13.2 Å². The fourth-order valence-electron chi connectivity index (χ4n) is 2.01. The number of alkyl halides is 3. The first-order valence-electron chi connectivity index (χ1n) is 5.58. The van der Waals surface area contributed by atoms with Crippen LogP contribution in [0.1, 0.15) is 0 Å². The molecule has 0 saturated carbocycles. The van der Waals surface area contributed by atoms with Crippen molar-refractivity contribution < 1.29 is 23.1 Å². The maximum atomic E-state index is 12.6. The van der Waals surface area contributed by atoms with Crippen LogP contribution < -0.4 is 5.73 Å². The van der Waals surface area contributed by atoms with E-state index in [9.17, 15) is 18.0 Å². The number of allylic oxidation sites excluding steroid dienone is 1. The molecule has 1 aliphatic heterocycles. The van der Waals surface area contributed by atoms with Crippen LogP contribution in [0.25, 0.3) is 0 Å². The van der Waals surface area contributed by atoms with Gasteiger partial charge in [-0.15, -0.1) is 0 Å². The van der Waals surface area contributed by atoms with Crippen LogP contribution in [0, 0.1) is 11.8 Å². The van der Waals surface area contributed by atoms with Gasteiger partial charge in [0.1, 0.15) is 11.6 Å². The van der Waals surface area contributed by atoms with Crippen molar-refractivity contribution in [2.45, 2.75) is 6.18 Å². The Balaban J connectivity index is 3.10. The van der Waals surface area contributed by atoms with Gasteiger partial charge >= 0.3 is 12.1 Å². The largest absolute Gasteiger partial charge is 0.481 e. The molecule has 0 radical (unpaired) electrons. The van der Waals surface area contributed by atoms with E-state index < -0.39 is 29.7 Å². The third-order valence-electron chi connectivity index (χ3n) is 3.04. The van der Waals surface area contributed by atoms with Crippen LogP contribution in [-0.4, -0.2) is 53.5 Å². The molecule has 0 aromatic heterocycles. The molecule has 20 heavy (non-hydrogen) atoms. The van der Waals surface area contributed by atoms with Crippen LogP contribution in [0.2, 0.25) is 0 Å². The Bertz CT molecular complexity index is 488. The van der Waals surface area contributed by atoms with Crippen molar-refractivity contribution in [3.63, 3.8) is 0 Å². The number of aliphatic carboxylic acids is 1. The average molecular weight is 309 g/mol. The summed E-state index contributed by atoms with van der Waals surface area (Å²) < 4.78 is 37.8. The third-order valence-corrected chi connectivity index (χ3v) is 3.61. The van der Waals surface area contributed by atoms with E-state index >= 15 is 0 Å². The van der Waals surface area contributed by atoms with Crippen LogP contribution in [-0.2, 0) is 4.79 Å². The number of likely N-dealkylation sites (tertiary alicyclic amines) is 1. The molecule has 0 aromatic carbocycles. The van der Waals surface area contributed by atoms with Crippen molar-refractivity contribution in [1.29, 1.82) is 0 Å². The van der Waals surface area contributed by atoms with Crippen molar-refractivity contribution in [3.8, 4) is 0 Å². The number of carboxylic acids is 1. The van der Waals surface area contributed by atoms with Gasteiger partial charge in [-0.05, 0) is 6.08 Å². The minimum Gasteiger partial charge on any atom is -0.481 e. The van der Waals surface area contributed by atoms with E-state index in [2.05, 4.69) is 4.99 Å². The summed E-state index contributed by atoms with van der Waals surface area (Å²) in [4.78, 5) is 15.9. The number of carbonyl (C=O) groups is 1. The quantitative estimate of drug-likeness (QED) is 0.602. The first-order chi connectivity index (χ1) is 9.09. The maximum Gasteiger partial charge on any atom is 0.432 e. The summed E-state index contributed by atoms with van der Waals surface area (Å²) in [6, 6.07) is 0.